The Hall–Kier alpha value is -3.61. The van der Waals surface area contributed by atoms with Gasteiger partial charge >= 0.3 is 0 Å². The van der Waals surface area contributed by atoms with Crippen LogP contribution in [-0.2, 0) is 14.8 Å². The van der Waals surface area contributed by atoms with E-state index in [4.69, 9.17) is 11.6 Å². The summed E-state index contributed by atoms with van der Waals surface area (Å²) in [6.07, 6.45) is 0. The lowest BCUT2D eigenvalue weighted by molar-refractivity contribution is -0.120. The molecule has 0 spiro atoms. The van der Waals surface area contributed by atoms with Crippen LogP contribution in [0.5, 0.6) is 0 Å². The lowest BCUT2D eigenvalue weighted by atomic mass is 9.95. The molecular formula is C28H25ClN2O3S. The average Bonchev–Trinajstić information content (AvgIpc) is 2.87. The standard InChI is InChI=1S/C28H25ClN2O3S/c1-21-11-8-9-18-26(21)28(22-12-4-2-5-13-22)30-27(32)20-31(24-15-10-14-23(29)19-24)35(33,34)25-16-6-3-7-17-25/h2-19,28H,20H2,1H3,(H,30,32)/t28-/m0/s1. The number of carbonyl (C=O) groups is 1. The number of aryl methyl sites for hydroxylation is 1. The van der Waals surface area contributed by atoms with Crippen LogP contribution in [0.3, 0.4) is 0 Å². The van der Waals surface area contributed by atoms with Gasteiger partial charge in [-0.15, -0.1) is 0 Å². The number of halogens is 1. The maximum absolute atomic E-state index is 13.6. The zero-order valence-electron chi connectivity index (χ0n) is 19.1. The molecule has 35 heavy (non-hydrogen) atoms. The van der Waals surface area contributed by atoms with E-state index in [9.17, 15) is 13.2 Å². The number of sulfonamides is 1. The van der Waals surface area contributed by atoms with Gasteiger partial charge in [0, 0.05) is 5.02 Å². The van der Waals surface area contributed by atoms with Gasteiger partial charge in [-0.2, -0.15) is 0 Å². The first-order chi connectivity index (χ1) is 16.9. The molecule has 0 bridgehead atoms. The van der Waals surface area contributed by atoms with Gasteiger partial charge in [0.15, 0.2) is 0 Å². The van der Waals surface area contributed by atoms with Crippen LogP contribution in [0.4, 0.5) is 5.69 Å². The monoisotopic (exact) mass is 504 g/mol. The fourth-order valence-corrected chi connectivity index (χ4v) is 5.52. The largest absolute Gasteiger partial charge is 0.344 e. The van der Waals surface area contributed by atoms with Crippen LogP contribution >= 0.6 is 11.6 Å². The summed E-state index contributed by atoms with van der Waals surface area (Å²) >= 11 is 6.16. The van der Waals surface area contributed by atoms with Crippen molar-refractivity contribution in [3.63, 3.8) is 0 Å². The molecule has 178 valence electrons. The van der Waals surface area contributed by atoms with Gasteiger partial charge in [-0.05, 0) is 53.9 Å². The summed E-state index contributed by atoms with van der Waals surface area (Å²) in [6.45, 7) is 1.57. The molecule has 5 nitrogen and oxygen atoms in total. The second-order valence-electron chi connectivity index (χ2n) is 8.07. The molecule has 4 aromatic carbocycles. The van der Waals surface area contributed by atoms with E-state index in [1.54, 1.807) is 36.4 Å². The lowest BCUT2D eigenvalue weighted by Gasteiger charge is -2.27. The highest BCUT2D eigenvalue weighted by atomic mass is 35.5. The molecule has 0 aliphatic carbocycles. The van der Waals surface area contributed by atoms with E-state index in [0.29, 0.717) is 10.7 Å². The summed E-state index contributed by atoms with van der Waals surface area (Å²) in [6, 6.07) is 31.5. The van der Waals surface area contributed by atoms with Crippen molar-refractivity contribution in [3.05, 3.63) is 131 Å². The van der Waals surface area contributed by atoms with Crippen molar-refractivity contribution in [2.24, 2.45) is 0 Å². The van der Waals surface area contributed by atoms with Crippen molar-refractivity contribution < 1.29 is 13.2 Å². The van der Waals surface area contributed by atoms with E-state index in [1.807, 2.05) is 61.5 Å². The van der Waals surface area contributed by atoms with E-state index in [1.165, 1.54) is 18.2 Å². The second kappa shape index (κ2) is 10.8. The molecule has 0 aromatic heterocycles. The molecule has 0 aliphatic rings. The third-order valence-electron chi connectivity index (χ3n) is 5.65. The van der Waals surface area contributed by atoms with Crippen LogP contribution in [0, 0.1) is 6.92 Å². The normalized spacial score (nSPS) is 12.1. The number of carbonyl (C=O) groups excluding carboxylic acids is 1. The summed E-state index contributed by atoms with van der Waals surface area (Å²) in [7, 11) is -4.03. The molecule has 1 atom stereocenters. The van der Waals surface area contributed by atoms with Crippen molar-refractivity contribution in [3.8, 4) is 0 Å². The first kappa shape index (κ1) is 24.5. The van der Waals surface area contributed by atoms with Crippen LogP contribution in [0.25, 0.3) is 0 Å². The maximum atomic E-state index is 13.6. The summed E-state index contributed by atoms with van der Waals surface area (Å²) in [4.78, 5) is 13.5. The van der Waals surface area contributed by atoms with Gasteiger partial charge in [0.1, 0.15) is 6.54 Å². The third-order valence-corrected chi connectivity index (χ3v) is 7.68. The number of benzene rings is 4. The average molecular weight is 505 g/mol. The van der Waals surface area contributed by atoms with E-state index >= 15 is 0 Å². The molecule has 0 heterocycles. The Morgan fingerprint density at radius 3 is 2.14 bits per heavy atom. The van der Waals surface area contributed by atoms with Gasteiger partial charge in [0.25, 0.3) is 10.0 Å². The summed E-state index contributed by atoms with van der Waals surface area (Å²) in [5.74, 6) is -0.443. The molecule has 0 saturated carbocycles. The number of rotatable bonds is 8. The first-order valence-electron chi connectivity index (χ1n) is 11.1. The van der Waals surface area contributed by atoms with Crippen LogP contribution in [-0.4, -0.2) is 20.9 Å². The topological polar surface area (TPSA) is 66.5 Å². The number of hydrogen-bond donors (Lipinski definition) is 1. The van der Waals surface area contributed by atoms with Gasteiger partial charge in [-0.3, -0.25) is 9.10 Å². The van der Waals surface area contributed by atoms with Crippen LogP contribution < -0.4 is 9.62 Å². The number of hydrogen-bond acceptors (Lipinski definition) is 3. The minimum atomic E-state index is -4.03. The predicted octanol–water partition coefficient (Wildman–Crippen LogP) is 5.75. The van der Waals surface area contributed by atoms with Crippen LogP contribution in [0.2, 0.25) is 5.02 Å². The Bertz CT molecular complexity index is 1410. The fourth-order valence-electron chi connectivity index (χ4n) is 3.90. The van der Waals surface area contributed by atoms with Crippen molar-refractivity contribution in [1.82, 2.24) is 5.32 Å². The molecule has 1 N–H and O–H groups in total. The molecule has 4 rings (SSSR count). The quantitative estimate of drug-likeness (QED) is 0.332. The van der Waals surface area contributed by atoms with Crippen molar-refractivity contribution in [2.45, 2.75) is 17.9 Å². The predicted molar refractivity (Wildman–Crippen MR) is 140 cm³/mol. The molecular weight excluding hydrogens is 480 g/mol. The van der Waals surface area contributed by atoms with Gasteiger partial charge in [0.05, 0.1) is 16.6 Å². The highest BCUT2D eigenvalue weighted by Gasteiger charge is 2.28. The van der Waals surface area contributed by atoms with Crippen molar-refractivity contribution in [2.75, 3.05) is 10.8 Å². The van der Waals surface area contributed by atoms with Gasteiger partial charge in [-0.1, -0.05) is 90.5 Å². The molecule has 7 heteroatoms. The highest BCUT2D eigenvalue weighted by molar-refractivity contribution is 7.92. The minimum Gasteiger partial charge on any atom is -0.344 e. The van der Waals surface area contributed by atoms with E-state index in [2.05, 4.69) is 5.32 Å². The van der Waals surface area contributed by atoms with Gasteiger partial charge < -0.3 is 5.32 Å². The van der Waals surface area contributed by atoms with E-state index < -0.39 is 28.5 Å². The molecule has 0 saturated heterocycles. The zero-order valence-corrected chi connectivity index (χ0v) is 20.7. The minimum absolute atomic E-state index is 0.0892. The summed E-state index contributed by atoms with van der Waals surface area (Å²) in [5, 5.41) is 3.42. The Morgan fingerprint density at radius 1 is 0.857 bits per heavy atom. The van der Waals surface area contributed by atoms with Gasteiger partial charge in [-0.25, -0.2) is 8.42 Å². The van der Waals surface area contributed by atoms with Crippen molar-refractivity contribution in [1.29, 1.82) is 0 Å². The SMILES string of the molecule is Cc1ccccc1[C@@H](NC(=O)CN(c1cccc(Cl)c1)S(=O)(=O)c1ccccc1)c1ccccc1. The van der Waals surface area contributed by atoms with Gasteiger partial charge in [0.2, 0.25) is 5.91 Å². The van der Waals surface area contributed by atoms with Crippen molar-refractivity contribution >= 4 is 33.2 Å². The van der Waals surface area contributed by atoms with Crippen LogP contribution in [0.1, 0.15) is 22.7 Å². The fraction of sp³-hybridized carbons (Fsp3) is 0.107. The molecule has 4 aromatic rings. The Labute approximate surface area is 211 Å². The smallest absolute Gasteiger partial charge is 0.264 e. The zero-order chi connectivity index (χ0) is 24.8. The number of nitrogens with one attached hydrogen (secondary N) is 1. The maximum Gasteiger partial charge on any atom is 0.264 e. The summed E-state index contributed by atoms with van der Waals surface area (Å²) < 4.78 is 28.2. The first-order valence-corrected chi connectivity index (χ1v) is 12.9. The lowest BCUT2D eigenvalue weighted by Crippen LogP contribution is -2.42. The highest BCUT2D eigenvalue weighted by Crippen LogP contribution is 2.28. The second-order valence-corrected chi connectivity index (χ2v) is 10.4. The van der Waals surface area contributed by atoms with E-state index in [-0.39, 0.29) is 4.90 Å². The number of amides is 1. The number of nitrogens with zero attached hydrogens (tertiary/aromatic N) is 1. The molecule has 0 unspecified atom stereocenters. The Morgan fingerprint density at radius 2 is 1.49 bits per heavy atom. The molecule has 1 amide bonds. The summed E-state index contributed by atoms with van der Waals surface area (Å²) in [5.41, 5.74) is 3.16. The Balaban J connectivity index is 1.70. The van der Waals surface area contributed by atoms with Crippen LogP contribution in [0.15, 0.2) is 114 Å². The number of anilines is 1. The third kappa shape index (κ3) is 5.73. The Kier molecular flexibility index (Phi) is 7.54. The van der Waals surface area contributed by atoms with E-state index in [0.717, 1.165) is 21.0 Å². The molecule has 0 aliphatic heterocycles. The molecule has 0 radical (unpaired) electrons. The molecule has 0 fully saturated rings.